The van der Waals surface area contributed by atoms with Crippen molar-refractivity contribution in [3.8, 4) is 0 Å². The second-order valence-corrected chi connectivity index (χ2v) is 22.1. The summed E-state index contributed by atoms with van der Waals surface area (Å²) < 4.78 is 0. The number of benzene rings is 2. The number of carboxylic acid groups (broad SMARTS) is 7. The van der Waals surface area contributed by atoms with Gasteiger partial charge in [0.15, 0.2) is 0 Å². The van der Waals surface area contributed by atoms with Crippen LogP contribution in [0.3, 0.4) is 0 Å². The second-order valence-electron chi connectivity index (χ2n) is 22.1. The molecule has 92 heavy (non-hydrogen) atoms. The molecule has 31 nitrogen and oxygen atoms in total. The summed E-state index contributed by atoms with van der Waals surface area (Å²) in [5, 5.41) is 90.4. The van der Waals surface area contributed by atoms with Gasteiger partial charge in [0.1, 0.15) is 30.2 Å². The molecule has 3 rings (SSSR count). The predicted molar refractivity (Wildman–Crippen MR) is 323 cm³/mol. The Kier molecular flexibility index (Phi) is 39.2. The maximum atomic E-state index is 14.4. The molecule has 2 aromatic rings. The fourth-order valence-electron chi connectivity index (χ4n) is 9.77. The molecule has 32 heteroatoms. The number of nitrogens with one attached hydrogen (secondary N) is 7. The van der Waals surface area contributed by atoms with Crippen molar-refractivity contribution in [1.29, 1.82) is 0 Å². The van der Waals surface area contributed by atoms with Crippen LogP contribution >= 0.6 is 0 Å². The van der Waals surface area contributed by atoms with Gasteiger partial charge in [0.05, 0.1) is 24.5 Å². The van der Waals surface area contributed by atoms with E-state index < -0.39 is 128 Å². The molecule has 0 radical (unpaired) electrons. The number of amides is 7. The summed E-state index contributed by atoms with van der Waals surface area (Å²) in [7, 11) is 0. The van der Waals surface area contributed by atoms with E-state index in [9.17, 15) is 93.0 Å². The molecule has 1 aliphatic heterocycles. The van der Waals surface area contributed by atoms with E-state index in [0.717, 1.165) is 0 Å². The quantitative estimate of drug-likeness (QED) is 0.0219. The van der Waals surface area contributed by atoms with Gasteiger partial charge in [-0.15, -0.1) is 0 Å². The number of nitrogens with zero attached hydrogens (tertiary/aromatic N) is 4. The van der Waals surface area contributed by atoms with Gasteiger partial charge < -0.3 is 87.3 Å². The van der Waals surface area contributed by atoms with Crippen LogP contribution in [0.2, 0.25) is 0 Å². The second kappa shape index (κ2) is 45.2. The molecule has 1 heterocycles. The summed E-state index contributed by atoms with van der Waals surface area (Å²) >= 11 is 0. The van der Waals surface area contributed by atoms with Gasteiger partial charge >= 0.3 is 49.7 Å². The first-order chi connectivity index (χ1) is 43.4. The number of rotatable bonds is 42. The van der Waals surface area contributed by atoms with Crippen molar-refractivity contribution in [2.24, 2.45) is 0 Å². The van der Waals surface area contributed by atoms with Crippen LogP contribution in [0.4, 0.5) is 4.79 Å². The number of urea groups is 1. The molecule has 504 valence electrons. The van der Waals surface area contributed by atoms with Gasteiger partial charge in [-0.25, -0.2) is 19.2 Å². The third-order valence-corrected chi connectivity index (χ3v) is 14.7. The first-order valence-electron chi connectivity index (χ1n) is 30.3. The molecule has 5 atom stereocenters. The average molecular weight is 1350 g/mol. The minimum Gasteiger partial charge on any atom is -0.549 e. The fraction of sp³-hybridized carbons (Fsp3) is 0.583. The molecule has 11 N–H and O–H groups in total. The van der Waals surface area contributed by atoms with Crippen LogP contribution in [0.25, 0.3) is 0 Å². The van der Waals surface area contributed by atoms with Gasteiger partial charge in [-0.05, 0) is 68.9 Å². The Morgan fingerprint density at radius 3 is 1.08 bits per heavy atom. The molecule has 1 saturated heterocycles. The van der Waals surface area contributed by atoms with Crippen molar-refractivity contribution < 1.29 is 98.1 Å². The molecule has 1 fully saturated rings. The van der Waals surface area contributed by atoms with E-state index in [1.807, 2.05) is 0 Å². The Morgan fingerprint density at radius 1 is 0.380 bits per heavy atom. The normalized spacial score (nSPS) is 15.1. The predicted octanol–water partition coefficient (Wildman–Crippen LogP) is -4.91. The Bertz CT molecular complexity index is 2670. The first-order valence-corrected chi connectivity index (χ1v) is 30.3. The summed E-state index contributed by atoms with van der Waals surface area (Å²) in [6.45, 7) is -0.722. The molecule has 1 aliphatic rings. The molecule has 2 unspecified atom stereocenters. The van der Waals surface area contributed by atoms with E-state index in [2.05, 4.69) is 37.2 Å². The van der Waals surface area contributed by atoms with Gasteiger partial charge in [-0.2, -0.15) is 0 Å². The minimum absolute atomic E-state index is 0. The number of carboxylic acids is 7. The smallest absolute Gasteiger partial charge is 0.549 e. The number of carbonyl (C=O) groups excluding carboxylic acids is 9. The molecule has 7 amide bonds. The average Bonchev–Trinajstić information content (AvgIpc) is 2.78. The fourth-order valence-corrected chi connectivity index (χ4v) is 9.77. The summed E-state index contributed by atoms with van der Waals surface area (Å²) in [5.74, 6) is -12.3. The van der Waals surface area contributed by atoms with E-state index in [4.69, 9.17) is 5.11 Å². The minimum atomic E-state index is -1.53. The van der Waals surface area contributed by atoms with Crippen molar-refractivity contribution in [1.82, 2.24) is 56.8 Å². The van der Waals surface area contributed by atoms with Crippen LogP contribution in [0, 0.1) is 0 Å². The van der Waals surface area contributed by atoms with E-state index in [1.165, 1.54) is 14.7 Å². The van der Waals surface area contributed by atoms with Crippen molar-refractivity contribution in [3.63, 3.8) is 0 Å². The van der Waals surface area contributed by atoms with Gasteiger partial charge in [0.2, 0.25) is 29.5 Å². The Balaban J connectivity index is 0.0000288. The van der Waals surface area contributed by atoms with Gasteiger partial charge in [0, 0.05) is 117 Å². The molecule has 0 spiro atoms. The first kappa shape index (κ1) is 79.9. The van der Waals surface area contributed by atoms with E-state index in [0.29, 0.717) is 56.1 Å². The van der Waals surface area contributed by atoms with Crippen molar-refractivity contribution in [3.05, 3.63) is 71.8 Å². The van der Waals surface area contributed by atoms with Crippen LogP contribution in [0.15, 0.2) is 60.7 Å². The zero-order valence-corrected chi connectivity index (χ0v) is 54.0. The Morgan fingerprint density at radius 2 is 0.717 bits per heavy atom. The molecule has 0 saturated carbocycles. The summed E-state index contributed by atoms with van der Waals surface area (Å²) in [5.41, 5.74) is 1.26. The van der Waals surface area contributed by atoms with Crippen molar-refractivity contribution in [2.75, 3.05) is 91.6 Å². The topological polar surface area (TPSA) is 469 Å². The monoisotopic (exact) mass is 1350 g/mol. The largest absolute Gasteiger partial charge is 3.00 e. The number of unbranched alkanes of at least 4 members (excludes halogenated alkanes) is 5. The summed E-state index contributed by atoms with van der Waals surface area (Å²) in [6, 6.07) is 9.32. The number of hydrogen-bond donors (Lipinski definition) is 11. The van der Waals surface area contributed by atoms with Gasteiger partial charge in [-0.3, -0.25) is 48.4 Å². The molecule has 0 aliphatic carbocycles. The van der Waals surface area contributed by atoms with E-state index in [1.54, 1.807) is 65.6 Å². The van der Waals surface area contributed by atoms with Crippen LogP contribution in [-0.2, 0) is 70.4 Å². The number of hydrogen-bond acceptors (Lipinski definition) is 20. The summed E-state index contributed by atoms with van der Waals surface area (Å²) in [6.07, 6.45) is 3.04. The number of carbonyl (C=O) groups is 13. The van der Waals surface area contributed by atoms with E-state index in [-0.39, 0.29) is 149 Å². The zero-order chi connectivity index (χ0) is 67.1. The standard InChI is InChI=1S/C60H89N11O20.Ga/c72-48(21-9-1-2-10-22-49(73)62-26-14-12-20-44(58(87)88)66-60(91)67-45(59(89)90)23-24-51(75)76)61-25-13-11-19-43(57(85)86)64-56(84)47(36-42-17-7-4-8-18-42)65-55(83)46(35-41-15-5-3-6-16-41)63-50(74)37-68-27-29-69(38-52(77)78)31-33-71(40-54(81)82)34-32-70(30-28-68)39-53(79)80;/h3-8,15-18,43-47H,1-2,9-14,19-40H2,(H,61,72)(H,62,73)(H,63,74)(H,64,84)(H,65,83)(H,75,76)(H,77,78)(H,79,80)(H,81,82)(H,85,86)(H,87,88)(H,89,90)(H2,66,67,91);/q;+3/p-3/t43-,44+,45+,46?,47?;/m1./s1/i;1-2. The van der Waals surface area contributed by atoms with Crippen LogP contribution in [0.1, 0.15) is 101 Å². The Labute approximate surface area is 546 Å². The van der Waals surface area contributed by atoms with Crippen molar-refractivity contribution >= 4 is 97.1 Å². The molecule has 2 aromatic carbocycles. The summed E-state index contributed by atoms with van der Waals surface area (Å²) in [4.78, 5) is 167. The van der Waals surface area contributed by atoms with Gasteiger partial charge in [0.25, 0.3) is 0 Å². The SMILES string of the molecule is O=C([O-])CN1CCN(CC(=O)[O-])CCN(CC(=O)NC(Cc2ccccc2)C(=O)NC(Cc2ccccc2)C(=O)N[C@H](CCCCNC(=O)CCCCCCC(=O)NCCCC[C@H](NC(=O)N[C@@H](CCC(=O)O)C(=O)O)C(=O)O)C(=O)O)CCN(CC(=O)[O-])CC1.[68Ga+3]. The maximum absolute atomic E-state index is 14.4. The third kappa shape index (κ3) is 36.0. The molecular formula is C60H86GaN11O20. The third-order valence-electron chi connectivity index (χ3n) is 14.7. The molecule has 0 bridgehead atoms. The van der Waals surface area contributed by atoms with Crippen molar-refractivity contribution in [2.45, 2.75) is 133 Å². The van der Waals surface area contributed by atoms with E-state index >= 15 is 0 Å². The van der Waals surface area contributed by atoms with Gasteiger partial charge in [-0.1, -0.05) is 73.5 Å². The van der Waals surface area contributed by atoms with Crippen LogP contribution < -0.4 is 52.5 Å². The van der Waals surface area contributed by atoms with Crippen LogP contribution in [0.5, 0.6) is 0 Å². The molecular weight excluding hydrogens is 1260 g/mol. The number of aliphatic carboxylic acids is 7. The van der Waals surface area contributed by atoms with Crippen LogP contribution in [-0.4, -0.2) is 259 Å². The molecule has 0 aromatic heterocycles. The Hall–Kier alpha value is -8.17. The maximum Gasteiger partial charge on any atom is 3.00 e. The zero-order valence-electron chi connectivity index (χ0n) is 51.6.